The van der Waals surface area contributed by atoms with Gasteiger partial charge in [0.25, 0.3) is 0 Å². The molecule has 5 heteroatoms. The second-order valence-corrected chi connectivity index (χ2v) is 6.45. The first-order valence-electron chi connectivity index (χ1n) is 8.62. The number of hydrogen-bond donors (Lipinski definition) is 0. The highest BCUT2D eigenvalue weighted by molar-refractivity contribution is 5.88. The summed E-state index contributed by atoms with van der Waals surface area (Å²) in [5, 5.41) is 1.06. The molecule has 1 saturated heterocycles. The molecule has 0 bridgehead atoms. The van der Waals surface area contributed by atoms with Gasteiger partial charge in [-0.25, -0.2) is 4.98 Å². The minimum atomic E-state index is -0.0134. The maximum atomic E-state index is 11.9. The average molecular weight is 346 g/mol. The van der Waals surface area contributed by atoms with Crippen LogP contribution < -0.4 is 4.74 Å². The Morgan fingerprint density at radius 2 is 2.08 bits per heavy atom. The Morgan fingerprint density at radius 1 is 1.27 bits per heavy atom. The van der Waals surface area contributed by atoms with Gasteiger partial charge < -0.3 is 14.2 Å². The molecule has 0 unspecified atom stereocenters. The predicted octanol–water partition coefficient (Wildman–Crippen LogP) is 3.80. The summed E-state index contributed by atoms with van der Waals surface area (Å²) in [6, 6.07) is 11.8. The van der Waals surface area contributed by atoms with Crippen LogP contribution in [0.25, 0.3) is 10.9 Å². The molecule has 3 aromatic rings. The number of benzene rings is 1. The zero-order chi connectivity index (χ0) is 18.1. The molecule has 4 rings (SSSR count). The van der Waals surface area contributed by atoms with E-state index in [9.17, 15) is 4.79 Å². The summed E-state index contributed by atoms with van der Waals surface area (Å²) < 4.78 is 8.13. The van der Waals surface area contributed by atoms with Crippen LogP contribution in [-0.4, -0.2) is 32.9 Å². The number of likely N-dealkylation sites (tertiary alicyclic amines) is 1. The number of rotatable bonds is 5. The third kappa shape index (κ3) is 2.96. The highest BCUT2D eigenvalue weighted by atomic mass is 16.5. The molecule has 0 aliphatic carbocycles. The van der Waals surface area contributed by atoms with E-state index in [2.05, 4.69) is 23.1 Å². The Labute approximate surface area is 152 Å². The molecule has 5 nitrogen and oxygen atoms in total. The summed E-state index contributed by atoms with van der Waals surface area (Å²) >= 11 is 0. The molecule has 1 aromatic carbocycles. The smallest absolute Gasteiger partial charge is 0.246 e. The minimum Gasteiger partial charge on any atom is -0.437 e. The summed E-state index contributed by atoms with van der Waals surface area (Å²) in [6.07, 6.45) is 6.13. The van der Waals surface area contributed by atoms with Crippen molar-refractivity contribution >= 4 is 16.8 Å². The van der Waals surface area contributed by atoms with Crippen LogP contribution in [0.5, 0.6) is 11.6 Å². The minimum absolute atomic E-state index is 0.0134. The molecule has 1 amide bonds. The molecule has 1 radical (unpaired) electrons. The highest BCUT2D eigenvalue weighted by Crippen LogP contribution is 2.30. The number of nitrogens with zero attached hydrogens (tertiary/aromatic N) is 3. The first kappa shape index (κ1) is 16.4. The van der Waals surface area contributed by atoms with Crippen molar-refractivity contribution in [1.29, 1.82) is 0 Å². The Kier molecular flexibility index (Phi) is 4.21. The number of hydrogen-bond acceptors (Lipinski definition) is 3. The molecule has 3 heterocycles. The van der Waals surface area contributed by atoms with E-state index in [1.807, 2.05) is 47.5 Å². The van der Waals surface area contributed by atoms with Crippen LogP contribution in [0.15, 0.2) is 61.4 Å². The van der Waals surface area contributed by atoms with Crippen LogP contribution in [0, 0.1) is 6.92 Å². The normalized spacial score (nSPS) is 16.3. The fourth-order valence-electron chi connectivity index (χ4n) is 3.28. The molecule has 0 saturated carbocycles. The van der Waals surface area contributed by atoms with E-state index in [1.54, 1.807) is 6.20 Å². The van der Waals surface area contributed by atoms with Crippen molar-refractivity contribution in [3.05, 3.63) is 73.9 Å². The third-order valence-electron chi connectivity index (χ3n) is 4.79. The van der Waals surface area contributed by atoms with Crippen molar-refractivity contribution in [3.8, 4) is 11.6 Å². The molecule has 26 heavy (non-hydrogen) atoms. The van der Waals surface area contributed by atoms with Gasteiger partial charge in [-0.15, -0.1) is 0 Å². The van der Waals surface area contributed by atoms with Crippen molar-refractivity contribution in [3.63, 3.8) is 0 Å². The monoisotopic (exact) mass is 346 g/mol. The summed E-state index contributed by atoms with van der Waals surface area (Å²) in [7, 11) is 0. The summed E-state index contributed by atoms with van der Waals surface area (Å²) in [5.41, 5.74) is 1.87. The number of aromatic nitrogens is 2. The largest absolute Gasteiger partial charge is 0.437 e. The van der Waals surface area contributed by atoms with Crippen LogP contribution >= 0.6 is 0 Å². The maximum absolute atomic E-state index is 11.9. The third-order valence-corrected chi connectivity index (χ3v) is 4.79. The van der Waals surface area contributed by atoms with Crippen LogP contribution in [0.2, 0.25) is 0 Å². The lowest BCUT2D eigenvalue weighted by Gasteiger charge is -2.40. The number of amides is 1. The van der Waals surface area contributed by atoms with Gasteiger partial charge in [-0.3, -0.25) is 4.79 Å². The van der Waals surface area contributed by atoms with E-state index in [4.69, 9.17) is 4.74 Å². The standard InChI is InChI=1S/C21H20N3O2/c1-3-19(25)24-13-10-17(24)14-23-12-9-16-8-11-22-21(20(16)23)26-18-6-4-15(2)5-7-18/h3-9,11-12,17H,1-2,10,13-14H2/t17-/m1/s1. The summed E-state index contributed by atoms with van der Waals surface area (Å²) in [5.74, 6) is 1.27. The average Bonchev–Trinajstić information content (AvgIpc) is 3.04. The fraction of sp³-hybridized carbons (Fsp3) is 0.190. The highest BCUT2D eigenvalue weighted by Gasteiger charge is 2.31. The van der Waals surface area contributed by atoms with E-state index in [-0.39, 0.29) is 11.9 Å². The number of pyridine rings is 1. The van der Waals surface area contributed by atoms with Gasteiger partial charge in [0, 0.05) is 30.9 Å². The van der Waals surface area contributed by atoms with Crippen LogP contribution in [0.3, 0.4) is 0 Å². The van der Waals surface area contributed by atoms with Crippen LogP contribution in [-0.2, 0) is 11.3 Å². The van der Waals surface area contributed by atoms with Gasteiger partial charge >= 0.3 is 0 Å². The van der Waals surface area contributed by atoms with Gasteiger partial charge in [0.15, 0.2) is 0 Å². The molecular weight excluding hydrogens is 326 g/mol. The Balaban J connectivity index is 1.63. The van der Waals surface area contributed by atoms with Gasteiger partial charge in [-0.2, -0.15) is 0 Å². The molecule has 0 N–H and O–H groups in total. The Morgan fingerprint density at radius 3 is 2.77 bits per heavy atom. The van der Waals surface area contributed by atoms with E-state index < -0.39 is 0 Å². The zero-order valence-corrected chi connectivity index (χ0v) is 14.5. The molecule has 1 aliphatic heterocycles. The zero-order valence-electron chi connectivity index (χ0n) is 14.5. The second kappa shape index (κ2) is 6.67. The van der Waals surface area contributed by atoms with Crippen molar-refractivity contribution in [2.75, 3.05) is 6.54 Å². The Hall–Kier alpha value is -3.08. The van der Waals surface area contributed by atoms with Gasteiger partial charge in [0.2, 0.25) is 11.8 Å². The van der Waals surface area contributed by atoms with Gasteiger partial charge in [-0.05, 0) is 49.2 Å². The first-order chi connectivity index (χ1) is 12.7. The fourth-order valence-corrected chi connectivity index (χ4v) is 3.28. The van der Waals surface area contributed by atoms with Crippen LogP contribution in [0.4, 0.5) is 0 Å². The summed E-state index contributed by atoms with van der Waals surface area (Å²) in [4.78, 5) is 18.2. The summed E-state index contributed by atoms with van der Waals surface area (Å²) in [6.45, 7) is 8.96. The lowest BCUT2D eigenvalue weighted by molar-refractivity contribution is -0.133. The molecule has 131 valence electrons. The van der Waals surface area contributed by atoms with Crippen LogP contribution in [0.1, 0.15) is 12.0 Å². The Bertz CT molecular complexity index is 959. The van der Waals surface area contributed by atoms with Gasteiger partial charge in [0.1, 0.15) is 11.3 Å². The van der Waals surface area contributed by atoms with Crippen molar-refractivity contribution in [1.82, 2.24) is 14.5 Å². The molecule has 2 aromatic heterocycles. The number of ether oxygens (including phenoxy) is 1. The SMILES string of the molecule is [CH2]c1ccc(Oc2nccc3ccn(C[C@H]4CCN4C(=O)C=C)c23)cc1. The molecule has 1 atom stereocenters. The molecule has 1 aliphatic rings. The van der Waals surface area contributed by atoms with Gasteiger partial charge in [-0.1, -0.05) is 18.7 Å². The maximum Gasteiger partial charge on any atom is 0.246 e. The van der Waals surface area contributed by atoms with Crippen molar-refractivity contribution < 1.29 is 9.53 Å². The predicted molar refractivity (Wildman–Crippen MR) is 101 cm³/mol. The lowest BCUT2D eigenvalue weighted by Crippen LogP contribution is -2.52. The first-order valence-corrected chi connectivity index (χ1v) is 8.62. The van der Waals surface area contributed by atoms with Crippen molar-refractivity contribution in [2.24, 2.45) is 0 Å². The number of carbonyl (C=O) groups excluding carboxylic acids is 1. The number of carbonyl (C=O) groups is 1. The van der Waals surface area contributed by atoms with E-state index in [0.29, 0.717) is 12.4 Å². The molecule has 1 fully saturated rings. The molecular formula is C21H20N3O2. The van der Waals surface area contributed by atoms with Gasteiger partial charge in [0.05, 0.1) is 6.04 Å². The van der Waals surface area contributed by atoms with E-state index in [1.165, 1.54) is 6.08 Å². The van der Waals surface area contributed by atoms with Crippen molar-refractivity contribution in [2.45, 2.75) is 19.0 Å². The van der Waals surface area contributed by atoms with E-state index >= 15 is 0 Å². The number of fused-ring (bicyclic) bond motifs is 1. The quantitative estimate of drug-likeness (QED) is 0.660. The second-order valence-electron chi connectivity index (χ2n) is 6.45. The van der Waals surface area contributed by atoms with E-state index in [0.717, 1.165) is 35.2 Å². The molecule has 0 spiro atoms. The lowest BCUT2D eigenvalue weighted by atomic mass is 10.0. The topological polar surface area (TPSA) is 47.4 Å².